The Morgan fingerprint density at radius 1 is 0.833 bits per heavy atom. The Balaban J connectivity index is 1.62. The smallest absolute Gasteiger partial charge is 0.131 e. The maximum absolute atomic E-state index is 15.0. The molecule has 0 aliphatic rings. The molecule has 2 heteroatoms. The van der Waals surface area contributed by atoms with E-state index >= 15 is 4.39 Å². The van der Waals surface area contributed by atoms with Gasteiger partial charge in [-0.25, -0.2) is 4.39 Å². The summed E-state index contributed by atoms with van der Waals surface area (Å²) < 4.78 is 15.0. The summed E-state index contributed by atoms with van der Waals surface area (Å²) in [4.78, 5) is 0. The van der Waals surface area contributed by atoms with Gasteiger partial charge in [0.05, 0.1) is 0 Å². The average molecular weight is 417 g/mol. The molecule has 1 unspecified atom stereocenters. The third kappa shape index (κ3) is 4.74. The van der Waals surface area contributed by atoms with Gasteiger partial charge in [0, 0.05) is 10.6 Å². The van der Waals surface area contributed by atoms with Gasteiger partial charge in [0.1, 0.15) is 5.82 Å². The summed E-state index contributed by atoms with van der Waals surface area (Å²) in [6, 6.07) is 28.2. The van der Waals surface area contributed by atoms with Crippen LogP contribution in [0, 0.1) is 5.82 Å². The first-order valence-electron chi connectivity index (χ1n) is 10.7. The maximum Gasteiger partial charge on any atom is 0.131 e. The van der Waals surface area contributed by atoms with Crippen LogP contribution in [0.25, 0.3) is 21.9 Å². The molecule has 4 aromatic rings. The van der Waals surface area contributed by atoms with Crippen LogP contribution in [-0.4, -0.2) is 0 Å². The van der Waals surface area contributed by atoms with Crippen LogP contribution in [0.1, 0.15) is 43.2 Å². The highest BCUT2D eigenvalue weighted by molar-refractivity contribution is 6.30. The van der Waals surface area contributed by atoms with E-state index in [1.165, 1.54) is 16.3 Å². The quantitative estimate of drug-likeness (QED) is 0.282. The first kappa shape index (κ1) is 20.6. The lowest BCUT2D eigenvalue weighted by atomic mass is 9.86. The summed E-state index contributed by atoms with van der Waals surface area (Å²) in [6.07, 6.45) is 4.26. The van der Waals surface area contributed by atoms with E-state index in [1.807, 2.05) is 18.2 Å². The van der Waals surface area contributed by atoms with Crippen molar-refractivity contribution in [2.24, 2.45) is 0 Å². The second kappa shape index (κ2) is 9.45. The summed E-state index contributed by atoms with van der Waals surface area (Å²) in [5.74, 6) is 0.134. The summed E-state index contributed by atoms with van der Waals surface area (Å²) in [7, 11) is 0. The van der Waals surface area contributed by atoms with Gasteiger partial charge in [-0.05, 0) is 64.4 Å². The van der Waals surface area contributed by atoms with E-state index in [2.05, 4.69) is 55.5 Å². The van der Waals surface area contributed by atoms with Gasteiger partial charge in [-0.1, -0.05) is 98.1 Å². The SMILES string of the molecule is CCCCC(Cc1ccc2ccccc2c1)c1ccc(-c2ccc(Cl)cc2)c(F)c1. The van der Waals surface area contributed by atoms with Gasteiger partial charge in [-0.3, -0.25) is 0 Å². The third-order valence-electron chi connectivity index (χ3n) is 5.82. The Labute approximate surface area is 183 Å². The number of fused-ring (bicyclic) bond motifs is 1. The van der Waals surface area contributed by atoms with Crippen molar-refractivity contribution in [3.8, 4) is 11.1 Å². The molecule has 1 atom stereocenters. The molecule has 0 N–H and O–H groups in total. The normalized spacial score (nSPS) is 12.2. The summed E-state index contributed by atoms with van der Waals surface area (Å²) >= 11 is 5.97. The van der Waals surface area contributed by atoms with Gasteiger partial charge < -0.3 is 0 Å². The molecule has 0 aliphatic heterocycles. The van der Waals surface area contributed by atoms with Crippen molar-refractivity contribution in [3.05, 3.63) is 107 Å². The van der Waals surface area contributed by atoms with Crippen molar-refractivity contribution in [1.29, 1.82) is 0 Å². The molecule has 0 aromatic heterocycles. The molecule has 0 spiro atoms. The molecule has 0 aliphatic carbocycles. The summed E-state index contributed by atoms with van der Waals surface area (Å²) in [5.41, 5.74) is 3.85. The summed E-state index contributed by atoms with van der Waals surface area (Å²) in [6.45, 7) is 2.21. The van der Waals surface area contributed by atoms with Crippen LogP contribution in [0.3, 0.4) is 0 Å². The number of benzene rings is 4. The number of unbranched alkanes of at least 4 members (excludes halogenated alkanes) is 1. The number of hydrogen-bond acceptors (Lipinski definition) is 0. The minimum Gasteiger partial charge on any atom is -0.206 e. The van der Waals surface area contributed by atoms with Crippen molar-refractivity contribution in [1.82, 2.24) is 0 Å². The van der Waals surface area contributed by atoms with Crippen molar-refractivity contribution >= 4 is 22.4 Å². The average Bonchev–Trinajstić information content (AvgIpc) is 2.77. The monoisotopic (exact) mass is 416 g/mol. The fourth-order valence-electron chi connectivity index (χ4n) is 4.14. The van der Waals surface area contributed by atoms with E-state index in [9.17, 15) is 0 Å². The van der Waals surface area contributed by atoms with E-state index in [0.717, 1.165) is 36.8 Å². The van der Waals surface area contributed by atoms with Crippen molar-refractivity contribution in [3.63, 3.8) is 0 Å². The zero-order valence-corrected chi connectivity index (χ0v) is 18.0. The maximum atomic E-state index is 15.0. The van der Waals surface area contributed by atoms with Gasteiger partial charge in [-0.15, -0.1) is 0 Å². The van der Waals surface area contributed by atoms with Crippen molar-refractivity contribution in [2.75, 3.05) is 0 Å². The fourth-order valence-corrected chi connectivity index (χ4v) is 4.26. The van der Waals surface area contributed by atoms with Crippen LogP contribution in [0.4, 0.5) is 4.39 Å². The van der Waals surface area contributed by atoms with Crippen LogP contribution < -0.4 is 0 Å². The summed E-state index contributed by atoms with van der Waals surface area (Å²) in [5, 5.41) is 3.17. The molecule has 0 radical (unpaired) electrons. The largest absolute Gasteiger partial charge is 0.206 e. The zero-order valence-electron chi connectivity index (χ0n) is 17.2. The molecule has 0 fully saturated rings. The van der Waals surface area contributed by atoms with E-state index in [0.29, 0.717) is 16.5 Å². The van der Waals surface area contributed by atoms with Crippen molar-refractivity contribution < 1.29 is 4.39 Å². The standard InChI is InChI=1S/C28H26ClF/c1-2-3-6-24(18-20-9-10-21-7-4-5-8-23(21)17-20)25-13-16-27(28(30)19-25)22-11-14-26(29)15-12-22/h4-5,7-17,19,24H,2-3,6,18H2,1H3. The Morgan fingerprint density at radius 3 is 2.33 bits per heavy atom. The molecular weight excluding hydrogens is 391 g/mol. The minimum atomic E-state index is -0.171. The van der Waals surface area contributed by atoms with Crippen LogP contribution in [0.15, 0.2) is 84.9 Å². The van der Waals surface area contributed by atoms with Gasteiger partial charge >= 0.3 is 0 Å². The molecule has 0 amide bonds. The van der Waals surface area contributed by atoms with Gasteiger partial charge in [0.15, 0.2) is 0 Å². The molecule has 0 bridgehead atoms. The molecule has 0 saturated carbocycles. The van der Waals surface area contributed by atoms with Crippen LogP contribution >= 0.6 is 11.6 Å². The molecule has 0 heterocycles. The topological polar surface area (TPSA) is 0 Å². The molecular formula is C28H26ClF. The lowest BCUT2D eigenvalue weighted by Crippen LogP contribution is -2.04. The Hall–Kier alpha value is -2.64. The third-order valence-corrected chi connectivity index (χ3v) is 6.07. The molecule has 0 nitrogen and oxygen atoms in total. The number of halogens is 2. The first-order valence-corrected chi connectivity index (χ1v) is 11.0. The highest BCUT2D eigenvalue weighted by Crippen LogP contribution is 2.32. The second-order valence-electron chi connectivity index (χ2n) is 7.97. The van der Waals surface area contributed by atoms with Crippen LogP contribution in [0.2, 0.25) is 5.02 Å². The van der Waals surface area contributed by atoms with Crippen LogP contribution in [-0.2, 0) is 6.42 Å². The molecule has 30 heavy (non-hydrogen) atoms. The van der Waals surface area contributed by atoms with E-state index in [1.54, 1.807) is 18.2 Å². The molecule has 4 rings (SSSR count). The van der Waals surface area contributed by atoms with E-state index in [4.69, 9.17) is 11.6 Å². The number of hydrogen-bond donors (Lipinski definition) is 0. The van der Waals surface area contributed by atoms with Gasteiger partial charge in [-0.2, -0.15) is 0 Å². The lowest BCUT2D eigenvalue weighted by Gasteiger charge is -2.19. The van der Waals surface area contributed by atoms with E-state index in [-0.39, 0.29) is 5.82 Å². The number of rotatable bonds is 7. The predicted molar refractivity (Wildman–Crippen MR) is 127 cm³/mol. The zero-order chi connectivity index (χ0) is 20.9. The molecule has 4 aromatic carbocycles. The van der Waals surface area contributed by atoms with E-state index < -0.39 is 0 Å². The highest BCUT2D eigenvalue weighted by Gasteiger charge is 2.15. The van der Waals surface area contributed by atoms with Gasteiger partial charge in [0.2, 0.25) is 0 Å². The Morgan fingerprint density at radius 2 is 1.60 bits per heavy atom. The molecule has 0 saturated heterocycles. The van der Waals surface area contributed by atoms with Crippen LogP contribution in [0.5, 0.6) is 0 Å². The lowest BCUT2D eigenvalue weighted by molar-refractivity contribution is 0.572. The minimum absolute atomic E-state index is 0.171. The second-order valence-corrected chi connectivity index (χ2v) is 8.41. The Kier molecular flexibility index (Phi) is 6.50. The predicted octanol–water partition coefficient (Wildman–Crippen LogP) is 8.82. The first-order chi connectivity index (χ1) is 14.6. The Bertz CT molecular complexity index is 1130. The highest BCUT2D eigenvalue weighted by atomic mass is 35.5. The fraction of sp³-hybridized carbons (Fsp3) is 0.214. The van der Waals surface area contributed by atoms with Crippen molar-refractivity contribution in [2.45, 2.75) is 38.5 Å². The van der Waals surface area contributed by atoms with Gasteiger partial charge in [0.25, 0.3) is 0 Å². The molecule has 152 valence electrons.